The van der Waals surface area contributed by atoms with E-state index < -0.39 is 0 Å². The number of hydrogen-bond donors (Lipinski definition) is 0. The fourth-order valence-electron chi connectivity index (χ4n) is 1.02. The Balaban J connectivity index is 3.06. The van der Waals surface area contributed by atoms with Gasteiger partial charge in [-0.1, -0.05) is 0 Å². The third kappa shape index (κ3) is 1.05. The van der Waals surface area contributed by atoms with Crippen molar-refractivity contribution in [3.8, 4) is 0 Å². The van der Waals surface area contributed by atoms with E-state index in [1.165, 1.54) is 6.07 Å². The lowest BCUT2D eigenvalue weighted by Gasteiger charge is -1.85. The fourth-order valence-corrected chi connectivity index (χ4v) is 1.02. The number of nitrogens with zero attached hydrogens (tertiary/aromatic N) is 2. The number of rotatable bonds is 0. The van der Waals surface area contributed by atoms with Crippen LogP contribution >= 0.6 is 0 Å². The summed E-state index contributed by atoms with van der Waals surface area (Å²) < 4.78 is 0. The van der Waals surface area contributed by atoms with E-state index in [0.717, 1.165) is 0 Å². The van der Waals surface area contributed by atoms with Crippen LogP contribution in [0.2, 0.25) is 0 Å². The molecule has 0 amide bonds. The summed E-state index contributed by atoms with van der Waals surface area (Å²) in [6, 6.07) is 6.60. The first-order valence-corrected chi connectivity index (χ1v) is 3.58. The summed E-state index contributed by atoms with van der Waals surface area (Å²) in [6.45, 7) is 0. The van der Waals surface area contributed by atoms with Crippen molar-refractivity contribution in [2.75, 3.05) is 0 Å². The number of fused-ring (bicyclic) bond motifs is 1. The molecule has 2 heterocycles. The van der Waals surface area contributed by atoms with Gasteiger partial charge in [0.2, 0.25) is 5.43 Å². The Bertz CT molecular complexity index is 468. The zero-order valence-corrected chi connectivity index (χ0v) is 6.27. The normalized spacial score (nSPS) is 10.0. The largest absolute Gasteiger partial charge is 0.287 e. The molecule has 0 spiro atoms. The summed E-state index contributed by atoms with van der Waals surface area (Å²) >= 11 is 0. The Kier molecular flexibility index (Phi) is 1.55. The van der Waals surface area contributed by atoms with Gasteiger partial charge in [0, 0.05) is 12.4 Å². The maximum atomic E-state index is 11.3. The molecule has 0 aliphatic rings. The standard InChI is InChI=1S/C9H6N2O/c12-8-4-2-5-10-7-3-1-6-11-9(7)8/h1-6H. The third-order valence-electron chi connectivity index (χ3n) is 1.57. The first-order chi connectivity index (χ1) is 5.88. The van der Waals surface area contributed by atoms with Gasteiger partial charge in [0.1, 0.15) is 5.52 Å². The van der Waals surface area contributed by atoms with E-state index in [9.17, 15) is 4.79 Å². The molecule has 0 saturated heterocycles. The highest BCUT2D eigenvalue weighted by atomic mass is 16.1. The highest BCUT2D eigenvalue weighted by Gasteiger charge is 1.94. The zero-order chi connectivity index (χ0) is 8.39. The van der Waals surface area contributed by atoms with Crippen LogP contribution in [0.15, 0.2) is 41.5 Å². The van der Waals surface area contributed by atoms with Crippen LogP contribution in [0.3, 0.4) is 0 Å². The van der Waals surface area contributed by atoms with Crippen molar-refractivity contribution >= 4 is 11.0 Å². The molecule has 0 bridgehead atoms. The Hall–Kier alpha value is -1.77. The molecular formula is C9H6N2O. The molecule has 3 nitrogen and oxygen atoms in total. The van der Waals surface area contributed by atoms with Gasteiger partial charge in [-0.15, -0.1) is 0 Å². The maximum absolute atomic E-state index is 11.3. The minimum absolute atomic E-state index is 0.0944. The minimum Gasteiger partial charge on any atom is -0.287 e. The smallest absolute Gasteiger partial charge is 0.206 e. The van der Waals surface area contributed by atoms with E-state index in [-0.39, 0.29) is 5.43 Å². The lowest BCUT2D eigenvalue weighted by atomic mass is 10.3. The molecule has 0 radical (unpaired) electrons. The number of hydrogen-bond acceptors (Lipinski definition) is 3. The van der Waals surface area contributed by atoms with Crippen LogP contribution in [-0.2, 0) is 0 Å². The SMILES string of the molecule is O=c1cccnc2cccnc12. The Morgan fingerprint density at radius 1 is 1.00 bits per heavy atom. The van der Waals surface area contributed by atoms with Crippen molar-refractivity contribution in [2.24, 2.45) is 0 Å². The second-order valence-electron chi connectivity index (χ2n) is 2.37. The quantitative estimate of drug-likeness (QED) is 0.574. The van der Waals surface area contributed by atoms with Crippen LogP contribution < -0.4 is 5.43 Å². The molecule has 0 atom stereocenters. The van der Waals surface area contributed by atoms with E-state index in [0.29, 0.717) is 11.0 Å². The fraction of sp³-hybridized carbons (Fsp3) is 0. The zero-order valence-electron chi connectivity index (χ0n) is 6.27. The van der Waals surface area contributed by atoms with Crippen molar-refractivity contribution in [1.29, 1.82) is 0 Å². The summed E-state index contributed by atoms with van der Waals surface area (Å²) in [5, 5.41) is 0. The average Bonchev–Trinajstić information content (AvgIpc) is 2.29. The van der Waals surface area contributed by atoms with Gasteiger partial charge < -0.3 is 0 Å². The summed E-state index contributed by atoms with van der Waals surface area (Å²) in [7, 11) is 0. The molecule has 2 aromatic heterocycles. The monoisotopic (exact) mass is 158 g/mol. The molecule has 0 N–H and O–H groups in total. The minimum atomic E-state index is -0.0944. The highest BCUT2D eigenvalue weighted by molar-refractivity contribution is 5.72. The van der Waals surface area contributed by atoms with Gasteiger partial charge in [-0.25, -0.2) is 0 Å². The second kappa shape index (κ2) is 2.70. The summed E-state index contributed by atoms with van der Waals surface area (Å²) in [5.41, 5.74) is 0.957. The Morgan fingerprint density at radius 2 is 1.75 bits per heavy atom. The van der Waals surface area contributed by atoms with Gasteiger partial charge in [-0.05, 0) is 24.3 Å². The van der Waals surface area contributed by atoms with Crippen LogP contribution in [-0.4, -0.2) is 9.97 Å². The first-order valence-electron chi connectivity index (χ1n) is 3.58. The topological polar surface area (TPSA) is 42.9 Å². The predicted octanol–water partition coefficient (Wildman–Crippen LogP) is 0.990. The molecule has 0 aliphatic heterocycles. The molecule has 12 heavy (non-hydrogen) atoms. The molecule has 3 heteroatoms. The van der Waals surface area contributed by atoms with Crippen LogP contribution in [0.5, 0.6) is 0 Å². The van der Waals surface area contributed by atoms with E-state index >= 15 is 0 Å². The summed E-state index contributed by atoms with van der Waals surface area (Å²) in [4.78, 5) is 19.3. The van der Waals surface area contributed by atoms with Gasteiger partial charge in [-0.2, -0.15) is 0 Å². The summed E-state index contributed by atoms with van der Waals surface area (Å²) in [6.07, 6.45) is 3.18. The van der Waals surface area contributed by atoms with Crippen molar-refractivity contribution in [1.82, 2.24) is 9.97 Å². The van der Waals surface area contributed by atoms with E-state index in [4.69, 9.17) is 0 Å². The lowest BCUT2D eigenvalue weighted by Crippen LogP contribution is -1.96. The number of aromatic nitrogens is 2. The van der Waals surface area contributed by atoms with Crippen molar-refractivity contribution < 1.29 is 0 Å². The van der Waals surface area contributed by atoms with Crippen molar-refractivity contribution in [2.45, 2.75) is 0 Å². The van der Waals surface area contributed by atoms with Crippen LogP contribution in [0.25, 0.3) is 11.0 Å². The Labute approximate surface area is 68.7 Å². The average molecular weight is 158 g/mol. The molecule has 2 rings (SSSR count). The van der Waals surface area contributed by atoms with E-state index in [2.05, 4.69) is 9.97 Å². The molecule has 0 unspecified atom stereocenters. The lowest BCUT2D eigenvalue weighted by molar-refractivity contribution is 1.36. The van der Waals surface area contributed by atoms with Crippen molar-refractivity contribution in [3.05, 3.63) is 46.9 Å². The molecule has 0 saturated carbocycles. The van der Waals surface area contributed by atoms with Crippen LogP contribution in [0.4, 0.5) is 0 Å². The van der Waals surface area contributed by atoms with Gasteiger partial charge in [0.25, 0.3) is 0 Å². The maximum Gasteiger partial charge on any atom is 0.206 e. The Morgan fingerprint density at radius 3 is 2.67 bits per heavy atom. The molecule has 0 aromatic carbocycles. The van der Waals surface area contributed by atoms with Crippen LogP contribution in [0.1, 0.15) is 0 Å². The van der Waals surface area contributed by atoms with Crippen LogP contribution in [0, 0.1) is 0 Å². The van der Waals surface area contributed by atoms with Gasteiger partial charge in [0.15, 0.2) is 0 Å². The molecule has 0 aliphatic carbocycles. The predicted molar refractivity (Wildman–Crippen MR) is 45.8 cm³/mol. The van der Waals surface area contributed by atoms with E-state index in [1.54, 1.807) is 30.6 Å². The first kappa shape index (κ1) is 6.91. The van der Waals surface area contributed by atoms with Gasteiger partial charge in [-0.3, -0.25) is 14.8 Å². The molecular weight excluding hydrogens is 152 g/mol. The van der Waals surface area contributed by atoms with Gasteiger partial charge >= 0.3 is 0 Å². The second-order valence-corrected chi connectivity index (χ2v) is 2.37. The highest BCUT2D eigenvalue weighted by Crippen LogP contribution is 1.98. The van der Waals surface area contributed by atoms with E-state index in [1.807, 2.05) is 0 Å². The third-order valence-corrected chi connectivity index (χ3v) is 1.57. The van der Waals surface area contributed by atoms with Gasteiger partial charge in [0.05, 0.1) is 5.52 Å². The molecule has 0 fully saturated rings. The molecule has 2 aromatic rings. The summed E-state index contributed by atoms with van der Waals surface area (Å²) in [5.74, 6) is 0. The van der Waals surface area contributed by atoms with Crippen molar-refractivity contribution in [3.63, 3.8) is 0 Å². The number of pyridine rings is 1. The molecule has 58 valence electrons.